The van der Waals surface area contributed by atoms with Gasteiger partial charge in [0.2, 0.25) is 0 Å². The molecule has 7 nitrogen and oxygen atoms in total. The molecule has 9 heteroatoms. The van der Waals surface area contributed by atoms with Crippen LogP contribution >= 0.6 is 12.4 Å². The highest BCUT2D eigenvalue weighted by Crippen LogP contribution is 2.33. The molecule has 0 aliphatic heterocycles. The van der Waals surface area contributed by atoms with E-state index in [9.17, 15) is 18.3 Å². The van der Waals surface area contributed by atoms with Crippen molar-refractivity contribution < 1.29 is 18.3 Å². The summed E-state index contributed by atoms with van der Waals surface area (Å²) in [7, 11) is -3.98. The number of halogens is 1. The molecule has 1 atom stereocenters. The number of carbonyl (C=O) groups is 1. The maximum atomic E-state index is 13.7. The molecule has 0 bridgehead atoms. The molecule has 0 aliphatic rings. The first-order chi connectivity index (χ1) is 14.4. The lowest BCUT2D eigenvalue weighted by atomic mass is 10.0. The molecule has 3 N–H and O–H groups in total. The number of hydrogen-bond donors (Lipinski definition) is 2. The van der Waals surface area contributed by atoms with E-state index in [0.717, 1.165) is 0 Å². The Kier molecular flexibility index (Phi) is 8.15. The van der Waals surface area contributed by atoms with Gasteiger partial charge in [-0.1, -0.05) is 37.3 Å². The van der Waals surface area contributed by atoms with E-state index in [4.69, 9.17) is 5.73 Å². The minimum Gasteiger partial charge on any atom is -0.478 e. The standard InChI is InChI=1S/C22H23N3O4S.ClH/c1-2-20(16-6-3-7-17(14-16)22(26)27)25(13-5-11-23)30(28,29)21-9-4-8-18-15-24-12-10-19(18)21;/h3-10,12-15,20H,2,11,23H2,1H3,(H,26,27);1H. The summed E-state index contributed by atoms with van der Waals surface area (Å²) in [5.74, 6) is -1.07. The van der Waals surface area contributed by atoms with Gasteiger partial charge in [-0.25, -0.2) is 13.2 Å². The van der Waals surface area contributed by atoms with Gasteiger partial charge in [-0.05, 0) is 36.2 Å². The molecule has 1 heterocycles. The number of hydrogen-bond acceptors (Lipinski definition) is 5. The number of fused-ring (bicyclic) bond motifs is 1. The molecule has 3 aromatic rings. The molecule has 0 spiro atoms. The summed E-state index contributed by atoms with van der Waals surface area (Å²) in [4.78, 5) is 15.6. The number of carboxylic acids is 1. The summed E-state index contributed by atoms with van der Waals surface area (Å²) in [6.07, 6.45) is 6.62. The maximum Gasteiger partial charge on any atom is 0.335 e. The Morgan fingerprint density at radius 2 is 1.97 bits per heavy atom. The van der Waals surface area contributed by atoms with E-state index in [-0.39, 0.29) is 29.4 Å². The Labute approximate surface area is 187 Å². The number of pyridine rings is 1. The van der Waals surface area contributed by atoms with Gasteiger partial charge in [-0.2, -0.15) is 0 Å². The zero-order valence-corrected chi connectivity index (χ0v) is 18.5. The number of nitrogens with zero attached hydrogens (tertiary/aromatic N) is 2. The molecule has 0 amide bonds. The molecule has 0 aliphatic carbocycles. The molecule has 1 aromatic heterocycles. The lowest BCUT2D eigenvalue weighted by Crippen LogP contribution is -2.31. The molecule has 31 heavy (non-hydrogen) atoms. The molecule has 0 saturated carbocycles. The van der Waals surface area contributed by atoms with Crippen LogP contribution in [-0.2, 0) is 10.0 Å². The SMILES string of the molecule is CCC(c1cccc(C(=O)O)c1)N(C=CCN)S(=O)(=O)c1cccc2cnccc12.Cl. The van der Waals surface area contributed by atoms with Crippen molar-refractivity contribution in [1.29, 1.82) is 0 Å². The van der Waals surface area contributed by atoms with Crippen molar-refractivity contribution in [1.82, 2.24) is 9.29 Å². The van der Waals surface area contributed by atoms with Crippen molar-refractivity contribution in [3.63, 3.8) is 0 Å². The molecular weight excluding hydrogens is 438 g/mol. The third-order valence-electron chi connectivity index (χ3n) is 4.80. The van der Waals surface area contributed by atoms with E-state index in [1.807, 2.05) is 6.92 Å². The van der Waals surface area contributed by atoms with Gasteiger partial charge < -0.3 is 10.8 Å². The number of sulfonamides is 1. The Balaban J connectivity index is 0.00000341. The number of carboxylic acid groups (broad SMARTS) is 1. The highest BCUT2D eigenvalue weighted by atomic mass is 35.5. The first-order valence-electron chi connectivity index (χ1n) is 9.46. The van der Waals surface area contributed by atoms with E-state index in [2.05, 4.69) is 4.98 Å². The van der Waals surface area contributed by atoms with E-state index in [1.165, 1.54) is 22.6 Å². The normalized spacial score (nSPS) is 12.5. The van der Waals surface area contributed by atoms with Crippen LogP contribution in [0.5, 0.6) is 0 Å². The van der Waals surface area contributed by atoms with Crippen molar-refractivity contribution in [2.24, 2.45) is 5.73 Å². The first-order valence-corrected chi connectivity index (χ1v) is 10.9. The minimum atomic E-state index is -3.98. The minimum absolute atomic E-state index is 0. The molecule has 164 valence electrons. The van der Waals surface area contributed by atoms with Gasteiger partial charge in [-0.15, -0.1) is 12.4 Å². The zero-order chi connectivity index (χ0) is 21.7. The van der Waals surface area contributed by atoms with E-state index < -0.39 is 22.0 Å². The molecule has 2 aromatic carbocycles. The van der Waals surface area contributed by atoms with Crippen molar-refractivity contribution in [3.05, 3.63) is 84.3 Å². The first kappa shape index (κ1) is 24.3. The van der Waals surface area contributed by atoms with Gasteiger partial charge in [0.05, 0.1) is 16.5 Å². The van der Waals surface area contributed by atoms with Crippen molar-refractivity contribution in [2.45, 2.75) is 24.3 Å². The number of aromatic nitrogens is 1. The molecular formula is C22H24ClN3O4S. The monoisotopic (exact) mass is 461 g/mol. The molecule has 0 saturated heterocycles. The van der Waals surface area contributed by atoms with Crippen molar-refractivity contribution in [3.8, 4) is 0 Å². The fraction of sp³-hybridized carbons (Fsp3) is 0.182. The van der Waals surface area contributed by atoms with Crippen molar-refractivity contribution >= 4 is 39.2 Å². The Hall–Kier alpha value is -2.94. The summed E-state index contributed by atoms with van der Waals surface area (Å²) in [6.45, 7) is 2.01. The quantitative estimate of drug-likeness (QED) is 0.524. The molecule has 0 fully saturated rings. The topological polar surface area (TPSA) is 114 Å². The second-order valence-corrected chi connectivity index (χ2v) is 8.47. The number of rotatable bonds is 8. The van der Waals surface area contributed by atoms with Crippen LogP contribution in [0.15, 0.2) is 78.1 Å². The highest BCUT2D eigenvalue weighted by Gasteiger charge is 2.30. The Bertz CT molecular complexity index is 1190. The van der Waals surface area contributed by atoms with Gasteiger partial charge in [-0.3, -0.25) is 9.29 Å². The van der Waals surface area contributed by atoms with E-state index in [0.29, 0.717) is 22.8 Å². The predicted octanol–water partition coefficient (Wildman–Crippen LogP) is 3.97. The van der Waals surface area contributed by atoms with Crippen LogP contribution in [0.25, 0.3) is 10.8 Å². The van der Waals surface area contributed by atoms with Gasteiger partial charge in [0.15, 0.2) is 0 Å². The molecule has 3 rings (SSSR count). The molecule has 0 radical (unpaired) electrons. The zero-order valence-electron chi connectivity index (χ0n) is 16.9. The maximum absolute atomic E-state index is 13.7. The number of benzene rings is 2. The summed E-state index contributed by atoms with van der Waals surface area (Å²) < 4.78 is 28.7. The number of nitrogens with two attached hydrogens (primary N) is 1. The van der Waals surface area contributed by atoms with Crippen LogP contribution in [0.4, 0.5) is 0 Å². The van der Waals surface area contributed by atoms with Crippen LogP contribution in [0.1, 0.15) is 35.3 Å². The lowest BCUT2D eigenvalue weighted by Gasteiger charge is -2.30. The highest BCUT2D eigenvalue weighted by molar-refractivity contribution is 7.89. The van der Waals surface area contributed by atoms with Gasteiger partial charge in [0, 0.05) is 35.9 Å². The average molecular weight is 462 g/mol. The van der Waals surface area contributed by atoms with Crippen LogP contribution in [0.2, 0.25) is 0 Å². The second-order valence-electron chi connectivity index (χ2n) is 6.66. The van der Waals surface area contributed by atoms with Gasteiger partial charge in [0.25, 0.3) is 10.0 Å². The smallest absolute Gasteiger partial charge is 0.335 e. The van der Waals surface area contributed by atoms with E-state index >= 15 is 0 Å². The van der Waals surface area contributed by atoms with E-state index in [1.54, 1.807) is 54.9 Å². The van der Waals surface area contributed by atoms with Crippen LogP contribution in [0.3, 0.4) is 0 Å². The van der Waals surface area contributed by atoms with Crippen molar-refractivity contribution in [2.75, 3.05) is 6.54 Å². The van der Waals surface area contributed by atoms with Gasteiger partial charge >= 0.3 is 5.97 Å². The third kappa shape index (κ3) is 5.04. The summed E-state index contributed by atoms with van der Waals surface area (Å²) in [5.41, 5.74) is 6.29. The predicted molar refractivity (Wildman–Crippen MR) is 123 cm³/mol. The van der Waals surface area contributed by atoms with Crippen LogP contribution in [-0.4, -0.2) is 35.3 Å². The second kappa shape index (κ2) is 10.4. The Morgan fingerprint density at radius 3 is 2.65 bits per heavy atom. The Morgan fingerprint density at radius 1 is 1.23 bits per heavy atom. The van der Waals surface area contributed by atoms with Gasteiger partial charge in [0.1, 0.15) is 0 Å². The largest absolute Gasteiger partial charge is 0.478 e. The lowest BCUT2D eigenvalue weighted by molar-refractivity contribution is 0.0696. The number of aromatic carboxylic acids is 1. The third-order valence-corrected chi connectivity index (χ3v) is 6.64. The summed E-state index contributed by atoms with van der Waals surface area (Å²) in [5, 5.41) is 10.6. The van der Waals surface area contributed by atoms with Crippen LogP contribution in [0, 0.1) is 0 Å². The summed E-state index contributed by atoms with van der Waals surface area (Å²) >= 11 is 0. The average Bonchev–Trinajstić information content (AvgIpc) is 2.76. The summed E-state index contributed by atoms with van der Waals surface area (Å²) in [6, 6.07) is 12.4. The van der Waals surface area contributed by atoms with Crippen LogP contribution < -0.4 is 5.73 Å². The fourth-order valence-corrected chi connectivity index (χ4v) is 5.18. The fourth-order valence-electron chi connectivity index (χ4n) is 3.39. The molecule has 1 unspecified atom stereocenters.